The van der Waals surface area contributed by atoms with Gasteiger partial charge in [0.05, 0.1) is 24.9 Å². The number of ether oxygens (including phenoxy) is 1. The number of hydrogen-bond donors (Lipinski definition) is 1. The van der Waals surface area contributed by atoms with E-state index in [0.717, 1.165) is 32.8 Å². The number of nitrogens with one attached hydrogen (secondary N) is 1. The lowest BCUT2D eigenvalue weighted by Crippen LogP contribution is -2.48. The van der Waals surface area contributed by atoms with Crippen molar-refractivity contribution in [3.8, 4) is 0 Å². The normalized spacial score (nSPS) is 21.1. The third kappa shape index (κ3) is 4.23. The van der Waals surface area contributed by atoms with Crippen LogP contribution in [0.5, 0.6) is 0 Å². The molecule has 0 saturated carbocycles. The number of morpholine rings is 1. The van der Waals surface area contributed by atoms with Gasteiger partial charge < -0.3 is 15.0 Å². The van der Waals surface area contributed by atoms with Crippen molar-refractivity contribution in [1.82, 2.24) is 25.0 Å². The SMILES string of the molecule is CCN1CCO[C@@H](CNCc2cnccc2N(C)C)[C@@H]1c1cnn(C)c1. The van der Waals surface area contributed by atoms with E-state index in [-0.39, 0.29) is 12.1 Å². The molecule has 7 heteroatoms. The Morgan fingerprint density at radius 2 is 2.19 bits per heavy atom. The molecule has 0 aromatic carbocycles. The molecular formula is C19H30N6O. The van der Waals surface area contributed by atoms with Gasteiger partial charge >= 0.3 is 0 Å². The molecule has 0 bridgehead atoms. The molecule has 0 amide bonds. The number of rotatable bonds is 7. The summed E-state index contributed by atoms with van der Waals surface area (Å²) in [5.41, 5.74) is 3.60. The summed E-state index contributed by atoms with van der Waals surface area (Å²) in [6.45, 7) is 6.50. The van der Waals surface area contributed by atoms with E-state index >= 15 is 0 Å². The van der Waals surface area contributed by atoms with E-state index in [1.807, 2.05) is 36.4 Å². The first-order valence-corrected chi connectivity index (χ1v) is 9.25. The van der Waals surface area contributed by atoms with Crippen LogP contribution in [-0.2, 0) is 18.3 Å². The molecule has 2 aromatic heterocycles. The number of anilines is 1. The summed E-state index contributed by atoms with van der Waals surface area (Å²) in [6.07, 6.45) is 7.93. The molecule has 1 fully saturated rings. The fourth-order valence-electron chi connectivity index (χ4n) is 3.67. The molecule has 26 heavy (non-hydrogen) atoms. The van der Waals surface area contributed by atoms with Gasteiger partial charge in [0.1, 0.15) is 0 Å². The van der Waals surface area contributed by atoms with Gasteiger partial charge in [-0.15, -0.1) is 0 Å². The van der Waals surface area contributed by atoms with Crippen LogP contribution in [-0.4, -0.2) is 66.1 Å². The van der Waals surface area contributed by atoms with Crippen LogP contribution in [0.3, 0.4) is 0 Å². The lowest BCUT2D eigenvalue weighted by Gasteiger charge is -2.40. The van der Waals surface area contributed by atoms with Crippen molar-refractivity contribution < 1.29 is 4.74 Å². The van der Waals surface area contributed by atoms with E-state index in [2.05, 4.69) is 52.4 Å². The van der Waals surface area contributed by atoms with Crippen LogP contribution in [0.4, 0.5) is 5.69 Å². The van der Waals surface area contributed by atoms with Crippen molar-refractivity contribution in [2.75, 3.05) is 45.2 Å². The lowest BCUT2D eigenvalue weighted by atomic mass is 10.0. The van der Waals surface area contributed by atoms with Crippen molar-refractivity contribution in [1.29, 1.82) is 0 Å². The molecule has 2 atom stereocenters. The highest BCUT2D eigenvalue weighted by atomic mass is 16.5. The first-order valence-electron chi connectivity index (χ1n) is 9.25. The van der Waals surface area contributed by atoms with Gasteiger partial charge in [0.25, 0.3) is 0 Å². The smallest absolute Gasteiger partial charge is 0.0897 e. The predicted molar refractivity (Wildman–Crippen MR) is 103 cm³/mol. The number of pyridine rings is 1. The van der Waals surface area contributed by atoms with Crippen molar-refractivity contribution in [3.05, 3.63) is 42.0 Å². The zero-order chi connectivity index (χ0) is 18.5. The predicted octanol–water partition coefficient (Wildman–Crippen LogP) is 1.43. The van der Waals surface area contributed by atoms with Crippen LogP contribution in [0.15, 0.2) is 30.9 Å². The van der Waals surface area contributed by atoms with E-state index in [1.165, 1.54) is 16.8 Å². The maximum Gasteiger partial charge on any atom is 0.0897 e. The molecule has 142 valence electrons. The average Bonchev–Trinajstić information content (AvgIpc) is 3.07. The minimum Gasteiger partial charge on any atom is -0.377 e. The highest BCUT2D eigenvalue weighted by Crippen LogP contribution is 2.29. The van der Waals surface area contributed by atoms with Gasteiger partial charge in [-0.1, -0.05) is 6.92 Å². The molecule has 1 N–H and O–H groups in total. The highest BCUT2D eigenvalue weighted by Gasteiger charge is 2.33. The van der Waals surface area contributed by atoms with Crippen LogP contribution in [0, 0.1) is 0 Å². The van der Waals surface area contributed by atoms with Crippen LogP contribution in [0.2, 0.25) is 0 Å². The molecule has 0 spiro atoms. The van der Waals surface area contributed by atoms with Gasteiger partial charge in [0, 0.05) is 76.2 Å². The Hall–Kier alpha value is -1.96. The second kappa shape index (κ2) is 8.62. The first kappa shape index (κ1) is 18.8. The van der Waals surface area contributed by atoms with E-state index in [1.54, 1.807) is 0 Å². The minimum atomic E-state index is 0.104. The van der Waals surface area contributed by atoms with Gasteiger partial charge in [-0.25, -0.2) is 0 Å². The van der Waals surface area contributed by atoms with Crippen LogP contribution in [0.1, 0.15) is 24.1 Å². The summed E-state index contributed by atoms with van der Waals surface area (Å²) < 4.78 is 8.00. The quantitative estimate of drug-likeness (QED) is 0.808. The Balaban J connectivity index is 1.67. The number of aromatic nitrogens is 3. The molecule has 1 aliphatic heterocycles. The monoisotopic (exact) mass is 358 g/mol. The van der Waals surface area contributed by atoms with Gasteiger partial charge in [-0.05, 0) is 12.6 Å². The molecule has 1 saturated heterocycles. The topological polar surface area (TPSA) is 58.5 Å². The Morgan fingerprint density at radius 1 is 1.35 bits per heavy atom. The molecule has 0 radical (unpaired) electrons. The Morgan fingerprint density at radius 3 is 2.88 bits per heavy atom. The van der Waals surface area contributed by atoms with Crippen LogP contribution < -0.4 is 10.2 Å². The Bertz CT molecular complexity index is 701. The summed E-state index contributed by atoms with van der Waals surface area (Å²) in [5, 5.41) is 7.93. The third-order valence-electron chi connectivity index (χ3n) is 4.95. The van der Waals surface area contributed by atoms with Gasteiger partial charge in [0.2, 0.25) is 0 Å². The van der Waals surface area contributed by atoms with E-state index in [4.69, 9.17) is 4.74 Å². The summed E-state index contributed by atoms with van der Waals surface area (Å²) in [5.74, 6) is 0. The van der Waals surface area contributed by atoms with E-state index in [0.29, 0.717) is 0 Å². The molecule has 3 rings (SSSR count). The van der Waals surface area contributed by atoms with Gasteiger partial charge in [-0.2, -0.15) is 5.10 Å². The second-order valence-electron chi connectivity index (χ2n) is 6.96. The Labute approximate surface area is 156 Å². The number of aryl methyl sites for hydroxylation is 1. The molecule has 0 aliphatic carbocycles. The minimum absolute atomic E-state index is 0.104. The fraction of sp³-hybridized carbons (Fsp3) is 0.579. The summed E-state index contributed by atoms with van der Waals surface area (Å²) >= 11 is 0. The first-order chi connectivity index (χ1) is 12.6. The maximum absolute atomic E-state index is 6.13. The molecular weight excluding hydrogens is 328 g/mol. The van der Waals surface area contributed by atoms with Crippen molar-refractivity contribution in [3.63, 3.8) is 0 Å². The van der Waals surface area contributed by atoms with Gasteiger partial charge in [0.15, 0.2) is 0 Å². The molecule has 2 aromatic rings. The average molecular weight is 358 g/mol. The van der Waals surface area contributed by atoms with Crippen LogP contribution in [0.25, 0.3) is 0 Å². The molecule has 0 unspecified atom stereocenters. The van der Waals surface area contributed by atoms with Crippen molar-refractivity contribution in [2.45, 2.75) is 25.6 Å². The third-order valence-corrected chi connectivity index (χ3v) is 4.95. The number of likely N-dealkylation sites (N-methyl/N-ethyl adjacent to an activating group) is 1. The molecule has 3 heterocycles. The number of nitrogens with zero attached hydrogens (tertiary/aromatic N) is 5. The summed E-state index contributed by atoms with van der Waals surface area (Å²) in [4.78, 5) is 8.86. The van der Waals surface area contributed by atoms with Crippen LogP contribution >= 0.6 is 0 Å². The fourth-order valence-corrected chi connectivity index (χ4v) is 3.67. The van der Waals surface area contributed by atoms with Crippen molar-refractivity contribution >= 4 is 5.69 Å². The Kier molecular flexibility index (Phi) is 6.24. The summed E-state index contributed by atoms with van der Waals surface area (Å²) in [7, 11) is 6.07. The molecule has 7 nitrogen and oxygen atoms in total. The highest BCUT2D eigenvalue weighted by molar-refractivity contribution is 5.50. The summed E-state index contributed by atoms with van der Waals surface area (Å²) in [6, 6.07) is 2.28. The van der Waals surface area contributed by atoms with Crippen molar-refractivity contribution in [2.24, 2.45) is 7.05 Å². The zero-order valence-electron chi connectivity index (χ0n) is 16.2. The van der Waals surface area contributed by atoms with Gasteiger partial charge in [-0.3, -0.25) is 14.6 Å². The number of hydrogen-bond acceptors (Lipinski definition) is 6. The zero-order valence-corrected chi connectivity index (χ0v) is 16.2. The maximum atomic E-state index is 6.13. The lowest BCUT2D eigenvalue weighted by molar-refractivity contribution is -0.0694. The second-order valence-corrected chi connectivity index (χ2v) is 6.96. The largest absolute Gasteiger partial charge is 0.377 e. The van der Waals surface area contributed by atoms with E-state index < -0.39 is 0 Å². The van der Waals surface area contributed by atoms with E-state index in [9.17, 15) is 0 Å². The molecule has 1 aliphatic rings. The standard InChI is InChI=1S/C19H30N6O/c1-5-25-8-9-26-18(19(25)16-12-22-24(4)14-16)13-21-11-15-10-20-7-6-17(15)23(2)3/h6-7,10,12,14,18-19,21H,5,8-9,11,13H2,1-4H3/t18-,19-/m0/s1.